The number of Topliss-reactive ketones (excluding diaryl/α,β-unsaturated/α-hetero) is 1. The number of likely N-dealkylation sites (N-methyl/N-ethyl adjacent to an activating group) is 1. The highest BCUT2D eigenvalue weighted by Crippen LogP contribution is 2.28. The third kappa shape index (κ3) is 3.81. The van der Waals surface area contributed by atoms with E-state index in [1.165, 1.54) is 0 Å². The molecule has 0 aliphatic carbocycles. The summed E-state index contributed by atoms with van der Waals surface area (Å²) in [4.78, 5) is 17.6. The molecule has 0 aliphatic rings. The number of aromatic nitrogens is 4. The van der Waals surface area contributed by atoms with E-state index in [0.29, 0.717) is 35.1 Å². The molecule has 0 saturated heterocycles. The van der Waals surface area contributed by atoms with Crippen LogP contribution in [-0.2, 0) is 6.54 Å². The molecule has 4 N–H and O–H groups in total. The lowest BCUT2D eigenvalue weighted by Gasteiger charge is -2.09. The smallest absolute Gasteiger partial charge is 0.202 e. The van der Waals surface area contributed by atoms with Gasteiger partial charge >= 0.3 is 0 Å². The fourth-order valence-corrected chi connectivity index (χ4v) is 3.08. The molecule has 0 atom stereocenters. The highest BCUT2D eigenvalue weighted by molar-refractivity contribution is 5.97. The van der Waals surface area contributed by atoms with Gasteiger partial charge in [0, 0.05) is 24.3 Å². The van der Waals surface area contributed by atoms with Gasteiger partial charge in [0.25, 0.3) is 0 Å². The molecule has 0 radical (unpaired) electrons. The van der Waals surface area contributed by atoms with Crippen LogP contribution in [0.3, 0.4) is 0 Å². The van der Waals surface area contributed by atoms with Crippen LogP contribution in [0.15, 0.2) is 53.2 Å². The summed E-state index contributed by atoms with van der Waals surface area (Å²) in [6, 6.07) is 14.5. The molecule has 0 fully saturated rings. The monoisotopic (exact) mass is 391 g/mol. The molecule has 148 valence electrons. The Morgan fingerprint density at radius 1 is 1.10 bits per heavy atom. The lowest BCUT2D eigenvalue weighted by Crippen LogP contribution is -2.18. The minimum absolute atomic E-state index is 0.0597. The van der Waals surface area contributed by atoms with Gasteiger partial charge in [-0.05, 0) is 53.8 Å². The predicted molar refractivity (Wildman–Crippen MR) is 111 cm³/mol. The molecule has 2 heterocycles. The van der Waals surface area contributed by atoms with Gasteiger partial charge < -0.3 is 20.9 Å². The van der Waals surface area contributed by atoms with Crippen molar-refractivity contribution >= 4 is 28.3 Å². The number of benzene rings is 2. The van der Waals surface area contributed by atoms with Gasteiger partial charge in [-0.2, -0.15) is 0 Å². The van der Waals surface area contributed by atoms with Gasteiger partial charge in [0.05, 0.1) is 17.6 Å². The second-order valence-corrected chi connectivity index (χ2v) is 6.55. The maximum absolute atomic E-state index is 12.9. The van der Waals surface area contributed by atoms with Gasteiger partial charge in [0.2, 0.25) is 5.82 Å². The molecule has 9 heteroatoms. The summed E-state index contributed by atoms with van der Waals surface area (Å²) < 4.78 is 6.78. The highest BCUT2D eigenvalue weighted by Gasteiger charge is 2.22. The van der Waals surface area contributed by atoms with Crippen LogP contribution in [0.2, 0.25) is 0 Å². The van der Waals surface area contributed by atoms with Crippen LogP contribution in [0.1, 0.15) is 10.4 Å². The maximum atomic E-state index is 12.9. The van der Waals surface area contributed by atoms with E-state index in [1.807, 2.05) is 35.9 Å². The Morgan fingerprint density at radius 3 is 2.69 bits per heavy atom. The molecule has 4 rings (SSSR count). The molecule has 2 aromatic carbocycles. The lowest BCUT2D eigenvalue weighted by atomic mass is 10.1. The van der Waals surface area contributed by atoms with Crippen molar-refractivity contribution < 1.29 is 9.42 Å². The van der Waals surface area contributed by atoms with E-state index >= 15 is 0 Å². The summed E-state index contributed by atoms with van der Waals surface area (Å²) in [6.45, 7) is 1.49. The average Bonchev–Trinajstić information content (AvgIpc) is 3.33. The number of carbonyl (C=O) groups is 1. The van der Waals surface area contributed by atoms with Crippen molar-refractivity contribution in [2.45, 2.75) is 6.54 Å². The van der Waals surface area contributed by atoms with Crippen LogP contribution in [0, 0.1) is 0 Å². The van der Waals surface area contributed by atoms with Crippen LogP contribution in [0.4, 0.5) is 11.5 Å². The summed E-state index contributed by atoms with van der Waals surface area (Å²) in [5.41, 5.74) is 8.97. The van der Waals surface area contributed by atoms with E-state index in [1.54, 1.807) is 24.3 Å². The van der Waals surface area contributed by atoms with Gasteiger partial charge in [0.15, 0.2) is 17.3 Å². The number of imidazole rings is 1. The molecule has 0 amide bonds. The van der Waals surface area contributed by atoms with Crippen molar-refractivity contribution in [3.05, 3.63) is 54.1 Å². The Bertz CT molecular complexity index is 1130. The Kier molecular flexibility index (Phi) is 5.21. The zero-order valence-electron chi connectivity index (χ0n) is 15.9. The summed E-state index contributed by atoms with van der Waals surface area (Å²) in [7, 11) is 1.87. The first kappa shape index (κ1) is 18.6. The quantitative estimate of drug-likeness (QED) is 0.237. The molecule has 9 nitrogen and oxygen atoms in total. The number of anilines is 2. The van der Waals surface area contributed by atoms with Crippen molar-refractivity contribution in [2.75, 3.05) is 31.2 Å². The third-order valence-corrected chi connectivity index (χ3v) is 4.56. The van der Waals surface area contributed by atoms with Crippen LogP contribution < -0.4 is 16.4 Å². The highest BCUT2D eigenvalue weighted by atomic mass is 16.6. The molecular weight excluding hydrogens is 370 g/mol. The Labute approximate surface area is 166 Å². The van der Waals surface area contributed by atoms with Crippen LogP contribution in [-0.4, -0.2) is 45.8 Å². The van der Waals surface area contributed by atoms with Crippen molar-refractivity contribution in [3.63, 3.8) is 0 Å². The van der Waals surface area contributed by atoms with E-state index in [0.717, 1.165) is 17.6 Å². The number of carbonyl (C=O) groups excluding carboxylic acids is 1. The van der Waals surface area contributed by atoms with Gasteiger partial charge in [0.1, 0.15) is 0 Å². The van der Waals surface area contributed by atoms with E-state index < -0.39 is 0 Å². The molecule has 4 aromatic rings. The number of para-hydroxylation sites is 2. The number of hydrogen-bond acceptors (Lipinski definition) is 8. The number of rotatable bonds is 8. The molecule has 2 aromatic heterocycles. The Balaban J connectivity index is 1.73. The SMILES string of the molecule is CNCCNc1nonc1-c1nc2ccccc2n1CC(=O)c1ccc(N)cc1. The zero-order valence-corrected chi connectivity index (χ0v) is 15.9. The first-order valence-electron chi connectivity index (χ1n) is 9.23. The Morgan fingerprint density at radius 2 is 1.90 bits per heavy atom. The molecule has 0 bridgehead atoms. The van der Waals surface area contributed by atoms with E-state index in [2.05, 4.69) is 25.9 Å². The Hall–Kier alpha value is -3.72. The number of ketones is 1. The van der Waals surface area contributed by atoms with Gasteiger partial charge in [-0.3, -0.25) is 4.79 Å². The van der Waals surface area contributed by atoms with Crippen LogP contribution in [0.5, 0.6) is 0 Å². The number of hydrogen-bond donors (Lipinski definition) is 3. The third-order valence-electron chi connectivity index (χ3n) is 4.56. The fraction of sp³-hybridized carbons (Fsp3) is 0.200. The molecule has 0 spiro atoms. The number of nitrogens with two attached hydrogens (primary N) is 1. The van der Waals surface area contributed by atoms with Crippen LogP contribution in [0.25, 0.3) is 22.6 Å². The zero-order chi connectivity index (χ0) is 20.2. The fourth-order valence-electron chi connectivity index (χ4n) is 3.08. The minimum Gasteiger partial charge on any atom is -0.399 e. The first-order chi connectivity index (χ1) is 14.2. The average molecular weight is 391 g/mol. The van der Waals surface area contributed by atoms with E-state index in [-0.39, 0.29) is 12.3 Å². The lowest BCUT2D eigenvalue weighted by molar-refractivity contribution is 0.0974. The van der Waals surface area contributed by atoms with E-state index in [4.69, 9.17) is 10.4 Å². The topological polar surface area (TPSA) is 124 Å². The number of nitrogens with zero attached hydrogens (tertiary/aromatic N) is 4. The number of nitrogens with one attached hydrogen (secondary N) is 2. The normalized spacial score (nSPS) is 11.1. The van der Waals surface area contributed by atoms with E-state index in [9.17, 15) is 4.79 Å². The van der Waals surface area contributed by atoms with Crippen molar-refractivity contribution in [1.29, 1.82) is 0 Å². The largest absolute Gasteiger partial charge is 0.399 e. The molecule has 29 heavy (non-hydrogen) atoms. The molecule has 0 unspecified atom stereocenters. The number of nitrogen functional groups attached to an aromatic ring is 1. The molecule has 0 aliphatic heterocycles. The van der Waals surface area contributed by atoms with Crippen molar-refractivity contribution in [1.82, 2.24) is 25.2 Å². The summed E-state index contributed by atoms with van der Waals surface area (Å²) >= 11 is 0. The summed E-state index contributed by atoms with van der Waals surface area (Å²) in [5, 5.41) is 14.2. The van der Waals surface area contributed by atoms with Crippen molar-refractivity contribution in [2.24, 2.45) is 0 Å². The number of fused-ring (bicyclic) bond motifs is 1. The summed E-state index contributed by atoms with van der Waals surface area (Å²) in [6.07, 6.45) is 0. The van der Waals surface area contributed by atoms with Gasteiger partial charge in [-0.25, -0.2) is 9.61 Å². The maximum Gasteiger partial charge on any atom is 0.202 e. The predicted octanol–water partition coefficient (Wildman–Crippen LogP) is 2.18. The van der Waals surface area contributed by atoms with Crippen LogP contribution >= 0.6 is 0 Å². The first-order valence-corrected chi connectivity index (χ1v) is 9.23. The minimum atomic E-state index is -0.0597. The summed E-state index contributed by atoms with van der Waals surface area (Å²) in [5.74, 6) is 0.940. The van der Waals surface area contributed by atoms with Gasteiger partial charge in [-0.1, -0.05) is 12.1 Å². The second-order valence-electron chi connectivity index (χ2n) is 6.55. The van der Waals surface area contributed by atoms with Crippen molar-refractivity contribution in [3.8, 4) is 11.5 Å². The second kappa shape index (κ2) is 8.11. The molecule has 0 saturated carbocycles. The van der Waals surface area contributed by atoms with Gasteiger partial charge in [-0.15, -0.1) is 0 Å². The standard InChI is InChI=1S/C20H21N7O2/c1-22-10-11-23-19-18(25-29-26-19)20-24-15-4-2-3-5-16(15)27(20)12-17(28)13-6-8-14(21)9-7-13/h2-9,22H,10-12,21H2,1H3,(H,23,26). The molecular formula is C20H21N7O2.